The third kappa shape index (κ3) is 6.24. The van der Waals surface area contributed by atoms with Crippen LogP contribution in [0, 0.1) is 0 Å². The second kappa shape index (κ2) is 9.79. The monoisotopic (exact) mass is 316 g/mol. The molecule has 0 aliphatic rings. The van der Waals surface area contributed by atoms with Gasteiger partial charge in [-0.15, -0.1) is 0 Å². The van der Waals surface area contributed by atoms with Crippen LogP contribution in [0.4, 0.5) is 0 Å². The van der Waals surface area contributed by atoms with E-state index in [1.807, 2.05) is 24.5 Å². The highest BCUT2D eigenvalue weighted by Crippen LogP contribution is 1.97. The van der Waals surface area contributed by atoms with Gasteiger partial charge in [0.1, 0.15) is 0 Å². The van der Waals surface area contributed by atoms with Crippen LogP contribution < -0.4 is 11.1 Å². The maximum absolute atomic E-state index is 11.5. The standard InChI is InChI=1S/C18H24N2O3/c21-17-9-1-3-11-19(17)13-5-7-15-23-16-8-6-14-20-12-4-2-10-18(20)22/h1-4,9-12H,5-8,13-16H2. The maximum Gasteiger partial charge on any atom is 0.250 e. The van der Waals surface area contributed by atoms with Crippen molar-refractivity contribution in [2.24, 2.45) is 0 Å². The molecule has 5 nitrogen and oxygen atoms in total. The van der Waals surface area contributed by atoms with Crippen LogP contribution in [0.3, 0.4) is 0 Å². The Kier molecular flexibility index (Phi) is 7.33. The van der Waals surface area contributed by atoms with E-state index in [0.717, 1.165) is 38.8 Å². The molecule has 0 bridgehead atoms. The van der Waals surface area contributed by atoms with Crippen LogP contribution in [0.1, 0.15) is 25.7 Å². The van der Waals surface area contributed by atoms with Crippen molar-refractivity contribution < 1.29 is 4.74 Å². The molecule has 0 spiro atoms. The molecule has 0 aliphatic heterocycles. The number of rotatable bonds is 10. The highest BCUT2D eigenvalue weighted by atomic mass is 16.5. The molecule has 124 valence electrons. The van der Waals surface area contributed by atoms with Crippen molar-refractivity contribution in [2.75, 3.05) is 13.2 Å². The lowest BCUT2D eigenvalue weighted by Crippen LogP contribution is -2.18. The number of ether oxygens (including phenoxy) is 1. The van der Waals surface area contributed by atoms with E-state index >= 15 is 0 Å². The van der Waals surface area contributed by atoms with Gasteiger partial charge in [0.2, 0.25) is 11.1 Å². The summed E-state index contributed by atoms with van der Waals surface area (Å²) in [5.74, 6) is 0. The Bertz CT molecular complexity index is 631. The van der Waals surface area contributed by atoms with E-state index in [1.165, 1.54) is 0 Å². The first-order valence-corrected chi connectivity index (χ1v) is 8.16. The summed E-state index contributed by atoms with van der Waals surface area (Å²) >= 11 is 0. The predicted molar refractivity (Wildman–Crippen MR) is 90.7 cm³/mol. The minimum atomic E-state index is 0.0459. The fraction of sp³-hybridized carbons (Fsp3) is 0.444. The summed E-state index contributed by atoms with van der Waals surface area (Å²) < 4.78 is 9.03. The zero-order valence-electron chi connectivity index (χ0n) is 13.4. The molecular weight excluding hydrogens is 292 g/mol. The summed E-state index contributed by atoms with van der Waals surface area (Å²) in [6.45, 7) is 2.90. The Hall–Kier alpha value is -2.14. The smallest absolute Gasteiger partial charge is 0.250 e. The average Bonchev–Trinajstić information content (AvgIpc) is 2.56. The number of nitrogens with zero attached hydrogens (tertiary/aromatic N) is 2. The quantitative estimate of drug-likeness (QED) is 0.632. The van der Waals surface area contributed by atoms with Gasteiger partial charge in [0, 0.05) is 50.8 Å². The van der Waals surface area contributed by atoms with E-state index in [4.69, 9.17) is 4.74 Å². The molecule has 0 aliphatic carbocycles. The summed E-state index contributed by atoms with van der Waals surface area (Å²) in [6, 6.07) is 10.4. The number of aryl methyl sites for hydroxylation is 2. The van der Waals surface area contributed by atoms with Gasteiger partial charge in [0.05, 0.1) is 0 Å². The molecule has 0 atom stereocenters. The van der Waals surface area contributed by atoms with E-state index < -0.39 is 0 Å². The minimum absolute atomic E-state index is 0.0459. The predicted octanol–water partition coefficient (Wildman–Crippen LogP) is 2.29. The molecule has 0 unspecified atom stereocenters. The fourth-order valence-corrected chi connectivity index (χ4v) is 2.37. The van der Waals surface area contributed by atoms with Crippen molar-refractivity contribution in [3.63, 3.8) is 0 Å². The molecule has 0 saturated carbocycles. The van der Waals surface area contributed by atoms with Crippen molar-refractivity contribution in [3.8, 4) is 0 Å². The van der Waals surface area contributed by atoms with Gasteiger partial charge in [-0.1, -0.05) is 12.1 Å². The molecule has 0 saturated heterocycles. The lowest BCUT2D eigenvalue weighted by atomic mass is 10.3. The molecule has 2 aromatic rings. The van der Waals surface area contributed by atoms with Crippen molar-refractivity contribution in [1.29, 1.82) is 0 Å². The number of unbranched alkanes of at least 4 members (excludes halogenated alkanes) is 2. The number of hydrogen-bond donors (Lipinski definition) is 0. The van der Waals surface area contributed by atoms with Gasteiger partial charge in [-0.3, -0.25) is 9.59 Å². The molecule has 0 aromatic carbocycles. The van der Waals surface area contributed by atoms with E-state index in [-0.39, 0.29) is 11.1 Å². The molecular formula is C18H24N2O3. The first kappa shape index (κ1) is 17.2. The Morgan fingerprint density at radius 2 is 1.17 bits per heavy atom. The molecule has 0 amide bonds. The third-order valence-corrected chi connectivity index (χ3v) is 3.67. The molecule has 23 heavy (non-hydrogen) atoms. The average molecular weight is 316 g/mol. The Balaban J connectivity index is 1.48. The van der Waals surface area contributed by atoms with Crippen LogP contribution in [-0.2, 0) is 17.8 Å². The molecule has 2 rings (SSSR count). The van der Waals surface area contributed by atoms with E-state index in [2.05, 4.69) is 0 Å². The fourth-order valence-electron chi connectivity index (χ4n) is 2.37. The summed E-state index contributed by atoms with van der Waals surface area (Å²) in [4.78, 5) is 23.0. The maximum atomic E-state index is 11.5. The molecule has 0 radical (unpaired) electrons. The zero-order chi connectivity index (χ0) is 16.3. The SMILES string of the molecule is O=c1ccccn1CCCCOCCCCn1ccccc1=O. The van der Waals surface area contributed by atoms with Crippen molar-refractivity contribution >= 4 is 0 Å². The van der Waals surface area contributed by atoms with E-state index in [1.54, 1.807) is 33.4 Å². The molecule has 5 heteroatoms. The first-order valence-electron chi connectivity index (χ1n) is 8.16. The van der Waals surface area contributed by atoms with Crippen LogP contribution >= 0.6 is 0 Å². The normalized spacial score (nSPS) is 10.8. The van der Waals surface area contributed by atoms with E-state index in [0.29, 0.717) is 13.2 Å². The summed E-state index contributed by atoms with van der Waals surface area (Å²) in [5.41, 5.74) is 0.0918. The van der Waals surface area contributed by atoms with Crippen molar-refractivity contribution in [1.82, 2.24) is 9.13 Å². The molecule has 2 aromatic heterocycles. The molecule has 0 fully saturated rings. The van der Waals surface area contributed by atoms with Crippen LogP contribution in [0.25, 0.3) is 0 Å². The number of pyridine rings is 2. The van der Waals surface area contributed by atoms with Crippen LogP contribution in [0.15, 0.2) is 58.4 Å². The van der Waals surface area contributed by atoms with Crippen LogP contribution in [0.2, 0.25) is 0 Å². The van der Waals surface area contributed by atoms with Gasteiger partial charge in [0.15, 0.2) is 0 Å². The van der Waals surface area contributed by atoms with Crippen LogP contribution in [-0.4, -0.2) is 22.3 Å². The highest BCUT2D eigenvalue weighted by molar-refractivity contribution is 4.93. The van der Waals surface area contributed by atoms with Gasteiger partial charge in [0.25, 0.3) is 0 Å². The Labute approximate surface area is 136 Å². The molecule has 0 N–H and O–H groups in total. The van der Waals surface area contributed by atoms with E-state index in [9.17, 15) is 9.59 Å². The van der Waals surface area contributed by atoms with Gasteiger partial charge >= 0.3 is 0 Å². The topological polar surface area (TPSA) is 53.2 Å². The number of aromatic nitrogens is 2. The second-order valence-corrected chi connectivity index (χ2v) is 5.49. The molecule has 2 heterocycles. The third-order valence-electron chi connectivity index (χ3n) is 3.67. The van der Waals surface area contributed by atoms with Crippen LogP contribution in [0.5, 0.6) is 0 Å². The Morgan fingerprint density at radius 3 is 1.61 bits per heavy atom. The lowest BCUT2D eigenvalue weighted by molar-refractivity contribution is 0.125. The van der Waals surface area contributed by atoms with Crippen molar-refractivity contribution in [2.45, 2.75) is 38.8 Å². The lowest BCUT2D eigenvalue weighted by Gasteiger charge is -2.07. The zero-order valence-corrected chi connectivity index (χ0v) is 13.4. The largest absolute Gasteiger partial charge is 0.381 e. The highest BCUT2D eigenvalue weighted by Gasteiger charge is 1.96. The second-order valence-electron chi connectivity index (χ2n) is 5.49. The van der Waals surface area contributed by atoms with Gasteiger partial charge in [-0.25, -0.2) is 0 Å². The Morgan fingerprint density at radius 1 is 0.696 bits per heavy atom. The van der Waals surface area contributed by atoms with Gasteiger partial charge in [-0.05, 0) is 37.8 Å². The summed E-state index contributed by atoms with van der Waals surface area (Å²) in [5, 5.41) is 0. The number of hydrogen-bond acceptors (Lipinski definition) is 3. The minimum Gasteiger partial charge on any atom is -0.381 e. The van der Waals surface area contributed by atoms with Crippen molar-refractivity contribution in [3.05, 3.63) is 69.5 Å². The summed E-state index contributed by atoms with van der Waals surface area (Å²) in [6.07, 6.45) is 7.38. The van der Waals surface area contributed by atoms with Gasteiger partial charge in [-0.2, -0.15) is 0 Å². The van der Waals surface area contributed by atoms with Gasteiger partial charge < -0.3 is 13.9 Å². The first-order chi connectivity index (χ1) is 11.3. The summed E-state index contributed by atoms with van der Waals surface area (Å²) in [7, 11) is 0.